The Morgan fingerprint density at radius 1 is 1.08 bits per heavy atom. The number of nitrogens with one attached hydrogen (secondary N) is 1. The number of anilines is 1. The molecule has 0 aliphatic carbocycles. The predicted octanol–water partition coefficient (Wildman–Crippen LogP) is 4.20. The first-order valence-corrected chi connectivity index (χ1v) is 13.8. The lowest BCUT2D eigenvalue weighted by Gasteiger charge is -2.20. The van der Waals surface area contributed by atoms with Crippen LogP contribution in [0.3, 0.4) is 0 Å². The number of ether oxygens (including phenoxy) is 2. The quantitative estimate of drug-likeness (QED) is 0.313. The van der Waals surface area contributed by atoms with Crippen molar-refractivity contribution in [3.63, 3.8) is 0 Å². The molecule has 0 bridgehead atoms. The van der Waals surface area contributed by atoms with Gasteiger partial charge in [0.2, 0.25) is 0 Å². The average Bonchev–Trinajstić information content (AvgIpc) is 3.56. The number of benzene rings is 2. The summed E-state index contributed by atoms with van der Waals surface area (Å²) in [7, 11) is 1.68. The van der Waals surface area contributed by atoms with Crippen molar-refractivity contribution in [3.8, 4) is 0 Å². The minimum absolute atomic E-state index is 0.0253. The van der Waals surface area contributed by atoms with Crippen molar-refractivity contribution in [1.82, 2.24) is 19.5 Å². The van der Waals surface area contributed by atoms with Crippen LogP contribution in [0, 0.1) is 0 Å². The Morgan fingerprint density at radius 2 is 1.78 bits per heavy atom. The lowest BCUT2D eigenvalue weighted by atomic mass is 9.91. The molecule has 1 aliphatic heterocycles. The number of fused-ring (bicyclic) bond motifs is 1. The van der Waals surface area contributed by atoms with Crippen molar-refractivity contribution < 1.29 is 17.9 Å². The number of hydrogen-bond acceptors (Lipinski definition) is 8. The molecule has 0 spiro atoms. The van der Waals surface area contributed by atoms with Crippen molar-refractivity contribution in [2.24, 2.45) is 0 Å². The number of aromatic nitrogens is 4. The zero-order chi connectivity index (χ0) is 25.6. The molecule has 1 saturated heterocycles. The highest BCUT2D eigenvalue weighted by Crippen LogP contribution is 2.32. The molecule has 9 nitrogen and oxygen atoms in total. The first-order chi connectivity index (χ1) is 18.1. The first kappa shape index (κ1) is 25.5. The van der Waals surface area contributed by atoms with Crippen molar-refractivity contribution >= 4 is 28.1 Å². The highest BCUT2D eigenvalue weighted by atomic mass is 32.2. The predicted molar refractivity (Wildman–Crippen MR) is 142 cm³/mol. The maximum atomic E-state index is 11.6. The average molecular weight is 522 g/mol. The molecule has 0 saturated carbocycles. The third-order valence-electron chi connectivity index (χ3n) is 6.45. The van der Waals surface area contributed by atoms with E-state index in [1.54, 1.807) is 13.4 Å². The summed E-state index contributed by atoms with van der Waals surface area (Å²) in [6, 6.07) is 20.8. The molecule has 10 heteroatoms. The van der Waals surface area contributed by atoms with Crippen LogP contribution in [-0.4, -0.2) is 56.3 Å². The fourth-order valence-electron chi connectivity index (χ4n) is 4.69. The summed E-state index contributed by atoms with van der Waals surface area (Å²) in [5, 5.41) is 3.53. The highest BCUT2D eigenvalue weighted by Gasteiger charge is 2.29. The van der Waals surface area contributed by atoms with Crippen LogP contribution in [0.15, 0.2) is 67.0 Å². The minimum atomic E-state index is -1.43. The van der Waals surface area contributed by atoms with Gasteiger partial charge >= 0.3 is 0 Å². The Labute approximate surface area is 218 Å². The van der Waals surface area contributed by atoms with E-state index in [0.29, 0.717) is 36.0 Å². The van der Waals surface area contributed by atoms with E-state index in [0.717, 1.165) is 12.8 Å². The number of hydrogen-bond donors (Lipinski definition) is 1. The van der Waals surface area contributed by atoms with Gasteiger partial charge in [0.1, 0.15) is 12.8 Å². The van der Waals surface area contributed by atoms with Gasteiger partial charge in [-0.2, -0.15) is 0 Å². The van der Waals surface area contributed by atoms with Gasteiger partial charge in [-0.3, -0.25) is 8.75 Å². The van der Waals surface area contributed by atoms with Crippen LogP contribution in [-0.2, 0) is 31.3 Å². The number of rotatable bonds is 11. The van der Waals surface area contributed by atoms with Crippen molar-refractivity contribution in [2.75, 3.05) is 31.8 Å². The molecule has 37 heavy (non-hydrogen) atoms. The zero-order valence-corrected chi connectivity index (χ0v) is 21.8. The third-order valence-corrected chi connectivity index (χ3v) is 6.90. The Hall–Kier alpha value is -3.18. The Kier molecular flexibility index (Phi) is 8.20. The number of methoxy groups -OCH3 is 1. The van der Waals surface area contributed by atoms with Crippen LogP contribution < -0.4 is 5.32 Å². The van der Waals surface area contributed by atoms with Crippen LogP contribution in [0.25, 0.3) is 11.2 Å². The molecule has 3 heterocycles. The maximum Gasteiger partial charge on any atom is 0.168 e. The van der Waals surface area contributed by atoms with Gasteiger partial charge in [0.25, 0.3) is 0 Å². The SMILES string of the molecule is COCC1CCC(n2cnc3c(NCC(c4ccccc4)c4ccccc4)nc(COS(C)=O)nc32)O1. The van der Waals surface area contributed by atoms with E-state index in [1.807, 2.05) is 16.7 Å². The smallest absolute Gasteiger partial charge is 0.168 e. The van der Waals surface area contributed by atoms with Crippen molar-refractivity contribution in [1.29, 1.82) is 0 Å². The van der Waals surface area contributed by atoms with Crippen molar-refractivity contribution in [2.45, 2.75) is 37.7 Å². The van der Waals surface area contributed by atoms with Crippen LogP contribution >= 0.6 is 0 Å². The van der Waals surface area contributed by atoms with Gasteiger partial charge in [-0.05, 0) is 24.0 Å². The van der Waals surface area contributed by atoms with Gasteiger partial charge in [0.05, 0.1) is 19.0 Å². The second-order valence-electron chi connectivity index (χ2n) is 8.98. The second-order valence-corrected chi connectivity index (χ2v) is 10.0. The molecule has 1 aliphatic rings. The molecule has 0 amide bonds. The summed E-state index contributed by atoms with van der Waals surface area (Å²) >= 11 is -1.43. The number of nitrogens with zero attached hydrogens (tertiary/aromatic N) is 4. The summed E-state index contributed by atoms with van der Waals surface area (Å²) in [6.45, 7) is 1.17. The normalized spacial score (nSPS) is 18.5. The molecule has 3 unspecified atom stereocenters. The van der Waals surface area contributed by atoms with E-state index in [1.165, 1.54) is 17.4 Å². The molecular weight excluding hydrogens is 490 g/mol. The summed E-state index contributed by atoms with van der Waals surface area (Å²) in [6.07, 6.45) is 4.81. The Balaban J connectivity index is 1.47. The largest absolute Gasteiger partial charge is 0.382 e. The van der Waals surface area contributed by atoms with Gasteiger partial charge in [-0.1, -0.05) is 60.7 Å². The van der Waals surface area contributed by atoms with E-state index in [4.69, 9.17) is 23.6 Å². The van der Waals surface area contributed by atoms with Crippen molar-refractivity contribution in [3.05, 3.63) is 83.9 Å². The minimum Gasteiger partial charge on any atom is -0.382 e. The summed E-state index contributed by atoms with van der Waals surface area (Å²) in [4.78, 5) is 14.1. The molecule has 4 aromatic rings. The molecule has 1 fully saturated rings. The van der Waals surface area contributed by atoms with Gasteiger partial charge < -0.3 is 14.8 Å². The zero-order valence-electron chi connectivity index (χ0n) is 20.9. The monoisotopic (exact) mass is 521 g/mol. The highest BCUT2D eigenvalue weighted by molar-refractivity contribution is 7.79. The van der Waals surface area contributed by atoms with Gasteiger partial charge in [-0.25, -0.2) is 19.2 Å². The van der Waals surface area contributed by atoms with E-state index in [9.17, 15) is 4.21 Å². The lowest BCUT2D eigenvalue weighted by molar-refractivity contribution is -0.0300. The lowest BCUT2D eigenvalue weighted by Crippen LogP contribution is -2.17. The first-order valence-electron chi connectivity index (χ1n) is 12.3. The fraction of sp³-hybridized carbons (Fsp3) is 0.370. The summed E-state index contributed by atoms with van der Waals surface area (Å²) in [5.41, 5.74) is 3.70. The molecule has 0 radical (unpaired) electrons. The van der Waals surface area contributed by atoms with E-state index in [2.05, 4.69) is 58.8 Å². The van der Waals surface area contributed by atoms with Crippen LogP contribution in [0.1, 0.15) is 41.9 Å². The fourth-order valence-corrected chi connectivity index (χ4v) is 4.96. The standard InChI is InChI=1S/C27H31N5O4S/c1-34-16-21-13-14-24(36-21)32-18-29-25-26(30-23(31-27(25)32)17-35-37(2)33)28-15-22(19-9-5-3-6-10-19)20-11-7-4-8-12-20/h3-12,18,21-22,24H,13-17H2,1-2H3,(H,28,30,31). The van der Waals surface area contributed by atoms with E-state index in [-0.39, 0.29) is 24.9 Å². The van der Waals surface area contributed by atoms with E-state index < -0.39 is 11.1 Å². The Morgan fingerprint density at radius 3 is 2.43 bits per heavy atom. The summed E-state index contributed by atoms with van der Waals surface area (Å²) < 4.78 is 30.3. The van der Waals surface area contributed by atoms with Gasteiger partial charge in [0, 0.05) is 25.8 Å². The Bertz CT molecular complexity index is 1300. The molecule has 1 N–H and O–H groups in total. The summed E-state index contributed by atoms with van der Waals surface area (Å²) in [5.74, 6) is 1.13. The van der Waals surface area contributed by atoms with Crippen LogP contribution in [0.4, 0.5) is 5.82 Å². The second kappa shape index (κ2) is 11.9. The molecule has 3 atom stereocenters. The van der Waals surface area contributed by atoms with E-state index >= 15 is 0 Å². The molecule has 2 aromatic heterocycles. The molecule has 194 valence electrons. The maximum absolute atomic E-state index is 11.6. The topological polar surface area (TPSA) is 100 Å². The third kappa shape index (κ3) is 6.04. The molecule has 5 rings (SSSR count). The van der Waals surface area contributed by atoms with Gasteiger partial charge in [0.15, 0.2) is 33.9 Å². The molecular formula is C27H31N5O4S. The number of imidazole rings is 1. The molecule has 2 aromatic carbocycles. The van der Waals surface area contributed by atoms with Crippen LogP contribution in [0.2, 0.25) is 0 Å². The van der Waals surface area contributed by atoms with Gasteiger partial charge in [-0.15, -0.1) is 0 Å². The van der Waals surface area contributed by atoms with Crippen LogP contribution in [0.5, 0.6) is 0 Å².